The fourth-order valence-corrected chi connectivity index (χ4v) is 5.24. The second kappa shape index (κ2) is 8.61. The smallest absolute Gasteiger partial charge is 0.264 e. The fourth-order valence-electron chi connectivity index (χ4n) is 3.51. The topological polar surface area (TPSA) is 75.7 Å². The largest absolute Gasteiger partial charge is 0.483 e. The average molecular weight is 457 g/mol. The highest BCUT2D eigenvalue weighted by Gasteiger charge is 2.30. The summed E-state index contributed by atoms with van der Waals surface area (Å²) in [5.41, 5.74) is 3.06. The molecule has 0 aliphatic carbocycles. The zero-order valence-corrected chi connectivity index (χ0v) is 18.4. The molecule has 0 saturated carbocycles. The molecule has 1 amide bonds. The number of carbonyl (C=O) groups excluding carboxylic acids is 1. The van der Waals surface area contributed by atoms with Gasteiger partial charge in [0.2, 0.25) is 0 Å². The molecule has 8 heteroatoms. The van der Waals surface area contributed by atoms with Gasteiger partial charge in [-0.05, 0) is 73.0 Å². The van der Waals surface area contributed by atoms with Crippen molar-refractivity contribution in [3.8, 4) is 5.75 Å². The van der Waals surface area contributed by atoms with Crippen molar-refractivity contribution in [2.45, 2.75) is 18.2 Å². The van der Waals surface area contributed by atoms with Crippen LogP contribution in [0.4, 0.5) is 11.4 Å². The standard InChI is InChI=1S/C23H21ClN2O4S/c1-16-14-18(24)6-11-22(16)30-15-23(27)25-19-7-9-20(10-8-19)31(28,29)26-13-12-17-4-2-3-5-21(17)26/h2-11,14H,12-13,15H2,1H3,(H,25,27). The summed E-state index contributed by atoms with van der Waals surface area (Å²) in [5, 5.41) is 3.31. The normalized spacial score (nSPS) is 13.0. The molecule has 0 aromatic heterocycles. The lowest BCUT2D eigenvalue weighted by atomic mass is 10.2. The Morgan fingerprint density at radius 3 is 2.58 bits per heavy atom. The predicted molar refractivity (Wildman–Crippen MR) is 121 cm³/mol. The van der Waals surface area contributed by atoms with Crippen molar-refractivity contribution < 1.29 is 17.9 Å². The number of hydrogen-bond donors (Lipinski definition) is 1. The Hall–Kier alpha value is -3.03. The molecule has 0 saturated heterocycles. The van der Waals surface area contributed by atoms with Crippen molar-refractivity contribution in [2.24, 2.45) is 0 Å². The van der Waals surface area contributed by atoms with Gasteiger partial charge in [-0.1, -0.05) is 29.8 Å². The molecule has 6 nitrogen and oxygen atoms in total. The summed E-state index contributed by atoms with van der Waals surface area (Å²) in [6, 6.07) is 18.8. The van der Waals surface area contributed by atoms with E-state index in [0.29, 0.717) is 29.4 Å². The van der Waals surface area contributed by atoms with Crippen LogP contribution in [0, 0.1) is 6.92 Å². The first-order valence-corrected chi connectivity index (χ1v) is 11.6. The van der Waals surface area contributed by atoms with Gasteiger partial charge in [0, 0.05) is 17.3 Å². The third kappa shape index (κ3) is 4.52. The predicted octanol–water partition coefficient (Wildman–Crippen LogP) is 4.42. The SMILES string of the molecule is Cc1cc(Cl)ccc1OCC(=O)Nc1ccc(S(=O)(=O)N2CCc3ccccc32)cc1. The molecule has 1 N–H and O–H groups in total. The molecule has 0 bridgehead atoms. The van der Waals surface area contributed by atoms with Gasteiger partial charge in [-0.15, -0.1) is 0 Å². The van der Waals surface area contributed by atoms with Crippen molar-refractivity contribution >= 4 is 38.9 Å². The van der Waals surface area contributed by atoms with E-state index in [1.807, 2.05) is 31.2 Å². The number of sulfonamides is 1. The number of anilines is 2. The van der Waals surface area contributed by atoms with Crippen LogP contribution in [0.2, 0.25) is 5.02 Å². The maximum absolute atomic E-state index is 13.1. The van der Waals surface area contributed by atoms with Crippen LogP contribution < -0.4 is 14.4 Å². The molecule has 31 heavy (non-hydrogen) atoms. The number of para-hydroxylation sites is 1. The second-order valence-electron chi connectivity index (χ2n) is 7.23. The number of amides is 1. The molecule has 1 aliphatic rings. The highest BCUT2D eigenvalue weighted by Crippen LogP contribution is 2.32. The van der Waals surface area contributed by atoms with E-state index in [4.69, 9.17) is 16.3 Å². The minimum absolute atomic E-state index is 0.174. The van der Waals surface area contributed by atoms with E-state index in [9.17, 15) is 13.2 Å². The Balaban J connectivity index is 1.40. The van der Waals surface area contributed by atoms with E-state index in [1.165, 1.54) is 16.4 Å². The molecule has 1 heterocycles. The molecule has 3 aromatic rings. The van der Waals surface area contributed by atoms with E-state index in [-0.39, 0.29) is 17.4 Å². The summed E-state index contributed by atoms with van der Waals surface area (Å²) in [6.07, 6.45) is 0.691. The van der Waals surface area contributed by atoms with Crippen LogP contribution in [0.15, 0.2) is 71.6 Å². The Morgan fingerprint density at radius 1 is 1.10 bits per heavy atom. The van der Waals surface area contributed by atoms with E-state index in [1.54, 1.807) is 30.3 Å². The number of aryl methyl sites for hydroxylation is 1. The summed E-state index contributed by atoms with van der Waals surface area (Å²) < 4.78 is 33.1. The van der Waals surface area contributed by atoms with Gasteiger partial charge >= 0.3 is 0 Å². The van der Waals surface area contributed by atoms with Crippen LogP contribution in [0.25, 0.3) is 0 Å². The quantitative estimate of drug-likeness (QED) is 0.595. The first kappa shape index (κ1) is 21.2. The molecule has 0 spiro atoms. The van der Waals surface area contributed by atoms with Gasteiger partial charge in [0.05, 0.1) is 10.6 Å². The Morgan fingerprint density at radius 2 is 1.84 bits per heavy atom. The molecule has 0 unspecified atom stereocenters. The highest BCUT2D eigenvalue weighted by molar-refractivity contribution is 7.92. The van der Waals surface area contributed by atoms with Gasteiger partial charge < -0.3 is 10.1 Å². The number of halogens is 1. The number of ether oxygens (including phenoxy) is 1. The summed E-state index contributed by atoms with van der Waals surface area (Å²) >= 11 is 5.92. The Labute approximate surface area is 186 Å². The zero-order valence-electron chi connectivity index (χ0n) is 16.8. The van der Waals surface area contributed by atoms with Crippen LogP contribution in [-0.2, 0) is 21.2 Å². The summed E-state index contributed by atoms with van der Waals surface area (Å²) in [4.78, 5) is 12.4. The first-order valence-electron chi connectivity index (χ1n) is 9.74. The second-order valence-corrected chi connectivity index (χ2v) is 9.53. The van der Waals surface area contributed by atoms with Crippen LogP contribution in [0.1, 0.15) is 11.1 Å². The number of fused-ring (bicyclic) bond motifs is 1. The third-order valence-electron chi connectivity index (χ3n) is 5.07. The summed E-state index contributed by atoms with van der Waals surface area (Å²) in [5.74, 6) is 0.227. The van der Waals surface area contributed by atoms with Crippen LogP contribution in [0.5, 0.6) is 5.75 Å². The minimum Gasteiger partial charge on any atom is -0.483 e. The molecule has 160 valence electrons. The lowest BCUT2D eigenvalue weighted by Crippen LogP contribution is -2.29. The molecule has 0 atom stereocenters. The molecular formula is C23H21ClN2O4S. The van der Waals surface area contributed by atoms with Gasteiger partial charge in [-0.2, -0.15) is 0 Å². The first-order chi connectivity index (χ1) is 14.8. The van der Waals surface area contributed by atoms with Crippen LogP contribution in [-0.4, -0.2) is 27.5 Å². The van der Waals surface area contributed by atoms with Crippen molar-refractivity contribution in [1.82, 2.24) is 0 Å². The fraction of sp³-hybridized carbons (Fsp3) is 0.174. The van der Waals surface area contributed by atoms with Gasteiger partial charge in [0.25, 0.3) is 15.9 Å². The summed E-state index contributed by atoms with van der Waals surface area (Å²) in [7, 11) is -3.67. The van der Waals surface area contributed by atoms with Gasteiger partial charge in [-0.25, -0.2) is 8.42 Å². The van der Waals surface area contributed by atoms with Crippen molar-refractivity contribution in [3.63, 3.8) is 0 Å². The zero-order chi connectivity index (χ0) is 22.0. The highest BCUT2D eigenvalue weighted by atomic mass is 35.5. The number of benzene rings is 3. The van der Waals surface area contributed by atoms with Crippen molar-refractivity contribution in [2.75, 3.05) is 22.8 Å². The number of nitrogens with one attached hydrogen (secondary N) is 1. The Kier molecular flexibility index (Phi) is 5.89. The maximum Gasteiger partial charge on any atom is 0.264 e. The van der Waals surface area contributed by atoms with Gasteiger partial charge in [0.1, 0.15) is 5.75 Å². The van der Waals surface area contributed by atoms with E-state index in [2.05, 4.69) is 5.32 Å². The lowest BCUT2D eigenvalue weighted by molar-refractivity contribution is -0.118. The maximum atomic E-state index is 13.1. The van der Waals surface area contributed by atoms with Crippen LogP contribution in [0.3, 0.4) is 0 Å². The molecule has 0 radical (unpaired) electrons. The Bertz CT molecular complexity index is 1230. The number of rotatable bonds is 6. The minimum atomic E-state index is -3.67. The van der Waals surface area contributed by atoms with Crippen molar-refractivity contribution in [3.05, 3.63) is 82.9 Å². The van der Waals surface area contributed by atoms with E-state index in [0.717, 1.165) is 16.8 Å². The number of carbonyl (C=O) groups is 1. The van der Waals surface area contributed by atoms with E-state index < -0.39 is 10.0 Å². The molecule has 3 aromatic carbocycles. The third-order valence-corrected chi connectivity index (χ3v) is 7.13. The summed E-state index contributed by atoms with van der Waals surface area (Å²) in [6.45, 7) is 2.09. The van der Waals surface area contributed by atoms with Gasteiger partial charge in [0.15, 0.2) is 6.61 Å². The molecular weight excluding hydrogens is 436 g/mol. The average Bonchev–Trinajstić information content (AvgIpc) is 3.18. The molecule has 0 fully saturated rings. The molecule has 4 rings (SSSR count). The van der Waals surface area contributed by atoms with Crippen molar-refractivity contribution in [1.29, 1.82) is 0 Å². The number of nitrogens with zero attached hydrogens (tertiary/aromatic N) is 1. The number of hydrogen-bond acceptors (Lipinski definition) is 4. The van der Waals surface area contributed by atoms with E-state index >= 15 is 0 Å². The lowest BCUT2D eigenvalue weighted by Gasteiger charge is -2.19. The van der Waals surface area contributed by atoms with Gasteiger partial charge in [-0.3, -0.25) is 9.10 Å². The monoisotopic (exact) mass is 456 g/mol. The molecule has 1 aliphatic heterocycles. The van der Waals surface area contributed by atoms with Crippen LogP contribution >= 0.6 is 11.6 Å².